The van der Waals surface area contributed by atoms with Crippen molar-refractivity contribution in [2.45, 2.75) is 71.9 Å². The standard InChI is InChI=1S/C18H29NO/c1-7-13-10-14-16(19-8-2)9-12(3)20-17(14)15(11-13)18(4,5)6/h10-12,16,19H,7-9H2,1-6H3. The van der Waals surface area contributed by atoms with Gasteiger partial charge in [-0.3, -0.25) is 0 Å². The Bertz CT molecular complexity index is 473. The van der Waals surface area contributed by atoms with Gasteiger partial charge in [0.15, 0.2) is 0 Å². The molecule has 2 rings (SSSR count). The van der Waals surface area contributed by atoms with Crippen molar-refractivity contribution in [1.82, 2.24) is 5.32 Å². The lowest BCUT2D eigenvalue weighted by molar-refractivity contribution is 0.163. The van der Waals surface area contributed by atoms with Crippen LogP contribution in [-0.2, 0) is 11.8 Å². The first-order valence-electron chi connectivity index (χ1n) is 7.94. The van der Waals surface area contributed by atoms with E-state index < -0.39 is 0 Å². The van der Waals surface area contributed by atoms with Gasteiger partial charge in [0.25, 0.3) is 0 Å². The summed E-state index contributed by atoms with van der Waals surface area (Å²) in [5.74, 6) is 1.12. The first-order valence-corrected chi connectivity index (χ1v) is 7.94. The Balaban J connectivity index is 2.58. The predicted octanol–water partition coefficient (Wildman–Crippen LogP) is 4.37. The van der Waals surface area contributed by atoms with Crippen LogP contribution in [-0.4, -0.2) is 12.6 Å². The van der Waals surface area contributed by atoms with E-state index in [1.54, 1.807) is 0 Å². The van der Waals surface area contributed by atoms with Gasteiger partial charge in [-0.25, -0.2) is 0 Å². The number of fused-ring (bicyclic) bond motifs is 1. The highest BCUT2D eigenvalue weighted by atomic mass is 16.5. The van der Waals surface area contributed by atoms with Gasteiger partial charge < -0.3 is 10.1 Å². The molecule has 0 fully saturated rings. The Morgan fingerprint density at radius 3 is 2.50 bits per heavy atom. The molecule has 1 aliphatic rings. The summed E-state index contributed by atoms with van der Waals surface area (Å²) in [6.45, 7) is 14.4. The Morgan fingerprint density at radius 2 is 1.95 bits per heavy atom. The van der Waals surface area contributed by atoms with Gasteiger partial charge in [-0.1, -0.05) is 46.8 Å². The lowest BCUT2D eigenvalue weighted by Gasteiger charge is -2.35. The van der Waals surface area contributed by atoms with Crippen LogP contribution in [0, 0.1) is 0 Å². The summed E-state index contributed by atoms with van der Waals surface area (Å²) >= 11 is 0. The molecule has 0 radical (unpaired) electrons. The van der Waals surface area contributed by atoms with E-state index in [2.05, 4.69) is 59.0 Å². The second-order valence-electron chi connectivity index (χ2n) is 6.94. The van der Waals surface area contributed by atoms with Crippen molar-refractivity contribution in [3.05, 3.63) is 28.8 Å². The molecule has 1 aliphatic heterocycles. The number of hydrogen-bond acceptors (Lipinski definition) is 2. The molecule has 0 saturated carbocycles. The van der Waals surface area contributed by atoms with Gasteiger partial charge >= 0.3 is 0 Å². The van der Waals surface area contributed by atoms with Crippen LogP contribution < -0.4 is 10.1 Å². The Hall–Kier alpha value is -1.02. The predicted molar refractivity (Wildman–Crippen MR) is 85.6 cm³/mol. The van der Waals surface area contributed by atoms with E-state index in [4.69, 9.17) is 4.74 Å². The van der Waals surface area contributed by atoms with Crippen LogP contribution in [0.2, 0.25) is 0 Å². The molecule has 1 N–H and O–H groups in total. The molecule has 1 heterocycles. The van der Waals surface area contributed by atoms with E-state index in [1.165, 1.54) is 16.7 Å². The number of hydrogen-bond donors (Lipinski definition) is 1. The third-order valence-electron chi connectivity index (χ3n) is 4.11. The molecule has 2 unspecified atom stereocenters. The normalized spacial score (nSPS) is 22.3. The number of nitrogens with one attached hydrogen (secondary N) is 1. The quantitative estimate of drug-likeness (QED) is 0.884. The Morgan fingerprint density at radius 1 is 1.25 bits per heavy atom. The minimum Gasteiger partial charge on any atom is -0.490 e. The van der Waals surface area contributed by atoms with Crippen molar-refractivity contribution in [1.29, 1.82) is 0 Å². The van der Waals surface area contributed by atoms with Crippen molar-refractivity contribution in [2.24, 2.45) is 0 Å². The van der Waals surface area contributed by atoms with Crippen molar-refractivity contribution in [3.8, 4) is 5.75 Å². The van der Waals surface area contributed by atoms with Crippen LogP contribution in [0.4, 0.5) is 0 Å². The summed E-state index contributed by atoms with van der Waals surface area (Å²) < 4.78 is 6.23. The van der Waals surface area contributed by atoms with E-state index in [0.29, 0.717) is 6.04 Å². The Labute approximate surface area is 123 Å². The molecular weight excluding hydrogens is 246 g/mol. The first-order chi connectivity index (χ1) is 9.36. The van der Waals surface area contributed by atoms with E-state index in [-0.39, 0.29) is 11.5 Å². The first kappa shape index (κ1) is 15.4. The largest absolute Gasteiger partial charge is 0.490 e. The highest BCUT2D eigenvalue weighted by molar-refractivity contribution is 5.50. The zero-order valence-corrected chi connectivity index (χ0v) is 13.8. The summed E-state index contributed by atoms with van der Waals surface area (Å²) in [5.41, 5.74) is 4.23. The summed E-state index contributed by atoms with van der Waals surface area (Å²) in [7, 11) is 0. The van der Waals surface area contributed by atoms with E-state index >= 15 is 0 Å². The zero-order chi connectivity index (χ0) is 14.9. The van der Waals surface area contributed by atoms with Crippen molar-refractivity contribution in [2.75, 3.05) is 6.54 Å². The summed E-state index contributed by atoms with van der Waals surface area (Å²) in [6, 6.07) is 5.09. The number of aryl methyl sites for hydroxylation is 1. The monoisotopic (exact) mass is 275 g/mol. The maximum atomic E-state index is 6.23. The van der Waals surface area contributed by atoms with Gasteiger partial charge in [0.1, 0.15) is 5.75 Å². The van der Waals surface area contributed by atoms with Crippen LogP contribution in [0.3, 0.4) is 0 Å². The van der Waals surface area contributed by atoms with Crippen LogP contribution in [0.15, 0.2) is 12.1 Å². The fourth-order valence-electron chi connectivity index (χ4n) is 3.01. The van der Waals surface area contributed by atoms with E-state index in [1.807, 2.05) is 0 Å². The fraction of sp³-hybridized carbons (Fsp3) is 0.667. The van der Waals surface area contributed by atoms with Gasteiger partial charge in [0, 0.05) is 23.6 Å². The van der Waals surface area contributed by atoms with Crippen LogP contribution >= 0.6 is 0 Å². The number of ether oxygens (including phenoxy) is 1. The van der Waals surface area contributed by atoms with E-state index in [0.717, 1.165) is 25.1 Å². The maximum Gasteiger partial charge on any atom is 0.128 e. The molecule has 0 aromatic heterocycles. The Kier molecular flexibility index (Phi) is 4.43. The van der Waals surface area contributed by atoms with Crippen molar-refractivity contribution >= 4 is 0 Å². The molecule has 0 spiro atoms. The van der Waals surface area contributed by atoms with Gasteiger partial charge in [-0.15, -0.1) is 0 Å². The smallest absolute Gasteiger partial charge is 0.128 e. The van der Waals surface area contributed by atoms with Gasteiger partial charge in [-0.2, -0.15) is 0 Å². The van der Waals surface area contributed by atoms with E-state index in [9.17, 15) is 0 Å². The topological polar surface area (TPSA) is 21.3 Å². The molecule has 1 aromatic rings. The second-order valence-corrected chi connectivity index (χ2v) is 6.94. The maximum absolute atomic E-state index is 6.23. The van der Waals surface area contributed by atoms with Crippen molar-refractivity contribution in [3.63, 3.8) is 0 Å². The highest BCUT2D eigenvalue weighted by Crippen LogP contribution is 2.42. The average molecular weight is 275 g/mol. The molecule has 112 valence electrons. The molecule has 1 aromatic carbocycles. The molecular formula is C18H29NO. The summed E-state index contributed by atoms with van der Waals surface area (Å²) in [4.78, 5) is 0. The molecule has 2 atom stereocenters. The molecule has 2 nitrogen and oxygen atoms in total. The second kappa shape index (κ2) is 5.77. The molecule has 2 heteroatoms. The minimum atomic E-state index is 0.114. The molecule has 0 saturated heterocycles. The molecule has 0 bridgehead atoms. The lowest BCUT2D eigenvalue weighted by atomic mass is 9.81. The lowest BCUT2D eigenvalue weighted by Crippen LogP contribution is -2.33. The van der Waals surface area contributed by atoms with Gasteiger partial charge in [0.2, 0.25) is 0 Å². The third kappa shape index (κ3) is 3.01. The molecule has 0 aliphatic carbocycles. The average Bonchev–Trinajstić information content (AvgIpc) is 2.36. The summed E-state index contributed by atoms with van der Waals surface area (Å²) in [6.07, 6.45) is 2.41. The SMILES string of the molecule is CCNC1CC(C)Oc2c1cc(CC)cc2C(C)(C)C. The summed E-state index contributed by atoms with van der Waals surface area (Å²) in [5, 5.41) is 3.62. The number of benzene rings is 1. The van der Waals surface area contributed by atoms with Crippen molar-refractivity contribution < 1.29 is 4.74 Å². The van der Waals surface area contributed by atoms with Gasteiger partial charge in [-0.05, 0) is 30.9 Å². The highest BCUT2D eigenvalue weighted by Gasteiger charge is 2.31. The van der Waals surface area contributed by atoms with Crippen LogP contribution in [0.5, 0.6) is 5.75 Å². The third-order valence-corrected chi connectivity index (χ3v) is 4.11. The molecule has 20 heavy (non-hydrogen) atoms. The van der Waals surface area contributed by atoms with Crippen LogP contribution in [0.25, 0.3) is 0 Å². The fourth-order valence-corrected chi connectivity index (χ4v) is 3.01. The molecule has 0 amide bonds. The number of rotatable bonds is 3. The van der Waals surface area contributed by atoms with Gasteiger partial charge in [0.05, 0.1) is 6.10 Å². The zero-order valence-electron chi connectivity index (χ0n) is 13.8. The minimum absolute atomic E-state index is 0.114. The van der Waals surface area contributed by atoms with Crippen LogP contribution in [0.1, 0.15) is 70.7 Å².